The molecule has 0 bridgehead atoms. The largest absolute Gasteiger partial charge is 0.456 e. The van der Waals surface area contributed by atoms with Gasteiger partial charge in [0.25, 0.3) is 0 Å². The van der Waals surface area contributed by atoms with E-state index in [1.54, 1.807) is 12.3 Å². The highest BCUT2D eigenvalue weighted by Gasteiger charge is 2.09. The second kappa shape index (κ2) is 6.18. The van der Waals surface area contributed by atoms with E-state index in [2.05, 4.69) is 27.7 Å². The molecule has 22 heavy (non-hydrogen) atoms. The van der Waals surface area contributed by atoms with Gasteiger partial charge in [0, 0.05) is 11.8 Å². The smallest absolute Gasteiger partial charge is 0.339 e. The second-order valence-electron chi connectivity index (χ2n) is 4.54. The Kier molecular flexibility index (Phi) is 4.10. The van der Waals surface area contributed by atoms with Crippen molar-refractivity contribution in [1.29, 1.82) is 0 Å². The molecule has 3 aromatic rings. The van der Waals surface area contributed by atoms with Crippen LogP contribution < -0.4 is 10.5 Å². The number of ether oxygens (including phenoxy) is 1. The van der Waals surface area contributed by atoms with E-state index in [9.17, 15) is 4.79 Å². The molecule has 0 aliphatic carbocycles. The summed E-state index contributed by atoms with van der Waals surface area (Å²) in [5, 5.41) is 4.13. The Bertz CT molecular complexity index is 815. The zero-order chi connectivity index (χ0) is 15.5. The third-order valence-corrected chi connectivity index (χ3v) is 3.86. The van der Waals surface area contributed by atoms with Crippen LogP contribution in [0.4, 0.5) is 4.79 Å². The first-order valence-electron chi connectivity index (χ1n) is 6.52. The number of halogens is 1. The van der Waals surface area contributed by atoms with Gasteiger partial charge in [-0.15, -0.1) is 0 Å². The quantitative estimate of drug-likeness (QED) is 0.673. The van der Waals surface area contributed by atoms with Gasteiger partial charge in [-0.25, -0.2) is 4.79 Å². The van der Waals surface area contributed by atoms with Gasteiger partial charge in [0.2, 0.25) is 0 Å². The van der Waals surface area contributed by atoms with Crippen LogP contribution in [0.15, 0.2) is 60.8 Å². The van der Waals surface area contributed by atoms with Gasteiger partial charge in [-0.05, 0) is 59.0 Å². The van der Waals surface area contributed by atoms with Crippen LogP contribution in [-0.2, 0) is 0 Å². The van der Waals surface area contributed by atoms with Gasteiger partial charge in [-0.1, -0.05) is 18.2 Å². The van der Waals surface area contributed by atoms with Crippen molar-refractivity contribution in [3.63, 3.8) is 0 Å². The average Bonchev–Trinajstić information content (AvgIpc) is 3.00. The number of carbonyl (C=O) groups is 1. The predicted molar refractivity (Wildman–Crippen MR) is 91.9 cm³/mol. The lowest BCUT2D eigenvalue weighted by Crippen LogP contribution is -2.19. The molecule has 0 saturated carbocycles. The maximum atomic E-state index is 11.1. The summed E-state index contributed by atoms with van der Waals surface area (Å²) in [5.74, 6) is 1.55. The molecule has 110 valence electrons. The maximum Gasteiger partial charge on any atom is 0.339 e. The highest BCUT2D eigenvalue weighted by atomic mass is 127. The van der Waals surface area contributed by atoms with E-state index in [-0.39, 0.29) is 0 Å². The summed E-state index contributed by atoms with van der Waals surface area (Å²) in [4.78, 5) is 11.1. The van der Waals surface area contributed by atoms with Crippen molar-refractivity contribution < 1.29 is 9.53 Å². The molecule has 0 saturated heterocycles. The summed E-state index contributed by atoms with van der Waals surface area (Å²) >= 11 is 2.21. The van der Waals surface area contributed by atoms with Crippen molar-refractivity contribution in [2.75, 3.05) is 0 Å². The molecule has 0 fully saturated rings. The molecule has 3 rings (SSSR count). The van der Waals surface area contributed by atoms with E-state index in [4.69, 9.17) is 10.5 Å². The number of hydrogen-bond acceptors (Lipinski definition) is 3. The zero-order valence-electron chi connectivity index (χ0n) is 11.4. The van der Waals surface area contributed by atoms with Crippen LogP contribution in [0.2, 0.25) is 0 Å². The maximum absolute atomic E-state index is 11.1. The molecule has 1 heterocycles. The van der Waals surface area contributed by atoms with Crippen LogP contribution in [0.1, 0.15) is 0 Å². The van der Waals surface area contributed by atoms with Gasteiger partial charge >= 0.3 is 6.03 Å². The molecule has 5 nitrogen and oxygen atoms in total. The monoisotopic (exact) mass is 405 g/mol. The number of amides is 1. The minimum Gasteiger partial charge on any atom is -0.456 e. The molecule has 0 atom stereocenters. The standard InChI is InChI=1S/C16H12IN3O2/c17-13-10-11(14-8-9-20(19-14)16(18)21)6-7-15(13)22-12-4-2-1-3-5-12/h1-10H,(H2,18,21). The van der Waals surface area contributed by atoms with Crippen LogP contribution in [0.3, 0.4) is 0 Å². The van der Waals surface area contributed by atoms with Gasteiger partial charge < -0.3 is 10.5 Å². The summed E-state index contributed by atoms with van der Waals surface area (Å²) < 4.78 is 7.90. The Balaban J connectivity index is 1.87. The van der Waals surface area contributed by atoms with E-state index >= 15 is 0 Å². The third-order valence-electron chi connectivity index (χ3n) is 3.01. The normalized spacial score (nSPS) is 10.4. The molecular weight excluding hydrogens is 393 g/mol. The molecule has 2 N–H and O–H groups in total. The molecule has 0 radical (unpaired) electrons. The van der Waals surface area contributed by atoms with Crippen molar-refractivity contribution in [3.05, 3.63) is 64.4 Å². The number of primary amides is 1. The first-order valence-corrected chi connectivity index (χ1v) is 7.59. The molecule has 1 amide bonds. The van der Waals surface area contributed by atoms with E-state index in [1.807, 2.05) is 48.5 Å². The fraction of sp³-hybridized carbons (Fsp3) is 0. The SMILES string of the molecule is NC(=O)n1ccc(-c2ccc(Oc3ccccc3)c(I)c2)n1. The summed E-state index contributed by atoms with van der Waals surface area (Å²) in [5.41, 5.74) is 6.76. The Labute approximate surface area is 140 Å². The van der Waals surface area contributed by atoms with E-state index in [0.717, 1.165) is 25.3 Å². The van der Waals surface area contributed by atoms with Crippen molar-refractivity contribution in [2.45, 2.75) is 0 Å². The van der Waals surface area contributed by atoms with E-state index in [1.165, 1.54) is 0 Å². The number of nitrogens with zero attached hydrogens (tertiary/aromatic N) is 2. The van der Waals surface area contributed by atoms with Gasteiger partial charge in [0.15, 0.2) is 0 Å². The van der Waals surface area contributed by atoms with E-state index in [0.29, 0.717) is 5.69 Å². The first kappa shape index (κ1) is 14.6. The zero-order valence-corrected chi connectivity index (χ0v) is 13.6. The van der Waals surface area contributed by atoms with Crippen LogP contribution in [-0.4, -0.2) is 15.8 Å². The number of para-hydroxylation sites is 1. The fourth-order valence-corrected chi connectivity index (χ4v) is 2.58. The van der Waals surface area contributed by atoms with Crippen molar-refractivity contribution >= 4 is 28.6 Å². The van der Waals surface area contributed by atoms with Gasteiger partial charge in [0.1, 0.15) is 11.5 Å². The summed E-state index contributed by atoms with van der Waals surface area (Å²) in [6.07, 6.45) is 1.54. The lowest BCUT2D eigenvalue weighted by atomic mass is 10.1. The highest BCUT2D eigenvalue weighted by Crippen LogP contribution is 2.30. The topological polar surface area (TPSA) is 70.1 Å². The molecule has 0 unspecified atom stereocenters. The second-order valence-corrected chi connectivity index (χ2v) is 5.71. The molecule has 1 aromatic heterocycles. The molecular formula is C16H12IN3O2. The Morgan fingerprint density at radius 3 is 2.55 bits per heavy atom. The van der Waals surface area contributed by atoms with Crippen molar-refractivity contribution in [1.82, 2.24) is 9.78 Å². The van der Waals surface area contributed by atoms with Crippen LogP contribution in [0, 0.1) is 3.57 Å². The van der Waals surface area contributed by atoms with Crippen LogP contribution in [0.5, 0.6) is 11.5 Å². The van der Waals surface area contributed by atoms with Crippen molar-refractivity contribution in [3.8, 4) is 22.8 Å². The number of rotatable bonds is 3. The predicted octanol–water partition coefficient (Wildman–Crippen LogP) is 3.87. The van der Waals surface area contributed by atoms with Gasteiger partial charge in [0.05, 0.1) is 9.26 Å². The molecule has 6 heteroatoms. The summed E-state index contributed by atoms with van der Waals surface area (Å²) in [6, 6.07) is 16.5. The Hall–Kier alpha value is -2.35. The summed E-state index contributed by atoms with van der Waals surface area (Å²) in [6.45, 7) is 0. The number of benzene rings is 2. The average molecular weight is 405 g/mol. The van der Waals surface area contributed by atoms with Crippen LogP contribution in [0.25, 0.3) is 11.3 Å². The van der Waals surface area contributed by atoms with Gasteiger partial charge in [-0.3, -0.25) is 0 Å². The molecule has 0 aliphatic rings. The summed E-state index contributed by atoms with van der Waals surface area (Å²) in [7, 11) is 0. The van der Waals surface area contributed by atoms with E-state index < -0.39 is 6.03 Å². The number of nitrogens with two attached hydrogens (primary N) is 1. The first-order chi connectivity index (χ1) is 10.6. The number of hydrogen-bond donors (Lipinski definition) is 1. The van der Waals surface area contributed by atoms with Crippen LogP contribution >= 0.6 is 22.6 Å². The molecule has 0 aliphatic heterocycles. The Morgan fingerprint density at radius 2 is 1.91 bits per heavy atom. The Morgan fingerprint density at radius 1 is 1.14 bits per heavy atom. The van der Waals surface area contributed by atoms with Crippen molar-refractivity contribution in [2.24, 2.45) is 5.73 Å². The highest BCUT2D eigenvalue weighted by molar-refractivity contribution is 14.1. The van der Waals surface area contributed by atoms with Gasteiger partial charge in [-0.2, -0.15) is 9.78 Å². The minimum absolute atomic E-state index is 0.607. The number of carbonyl (C=O) groups excluding carboxylic acids is 1. The lowest BCUT2D eigenvalue weighted by molar-refractivity contribution is 0.248. The lowest BCUT2D eigenvalue weighted by Gasteiger charge is -2.08. The fourth-order valence-electron chi connectivity index (χ4n) is 1.96. The minimum atomic E-state index is -0.607. The molecule has 2 aromatic carbocycles. The third kappa shape index (κ3) is 3.11. The molecule has 0 spiro atoms. The number of aromatic nitrogens is 2.